The number of halogens is 4. The third kappa shape index (κ3) is 5.31. The lowest BCUT2D eigenvalue weighted by Crippen LogP contribution is -2.26. The highest BCUT2D eigenvalue weighted by Gasteiger charge is 2.30. The van der Waals surface area contributed by atoms with Crippen molar-refractivity contribution in [1.29, 1.82) is 0 Å². The van der Waals surface area contributed by atoms with Gasteiger partial charge in [-0.05, 0) is 36.4 Å². The smallest absolute Gasteiger partial charge is 0.382 e. The third-order valence-electron chi connectivity index (χ3n) is 3.28. The second-order valence-electron chi connectivity index (χ2n) is 5.41. The van der Waals surface area contributed by atoms with Crippen LogP contribution in [0.5, 0.6) is 0 Å². The first-order valence-electron chi connectivity index (χ1n) is 7.24. The second kappa shape index (κ2) is 7.40. The van der Waals surface area contributed by atoms with Crippen LogP contribution in [0, 0.1) is 0 Å². The minimum absolute atomic E-state index is 0.0517. The predicted octanol–water partition coefficient (Wildman–Crippen LogP) is 2.53. The van der Waals surface area contributed by atoms with Crippen molar-refractivity contribution in [1.82, 2.24) is 5.12 Å². The predicted molar refractivity (Wildman–Crippen MR) is 92.1 cm³/mol. The first kappa shape index (κ1) is 20.5. The summed E-state index contributed by atoms with van der Waals surface area (Å²) in [5.74, 6) is 5.08. The zero-order valence-electron chi connectivity index (χ0n) is 13.8. The number of hydrogen-bond donors (Lipinski definition) is 3. The average molecular weight is 405 g/mol. The summed E-state index contributed by atoms with van der Waals surface area (Å²) in [6.45, 7) is 0. The van der Waals surface area contributed by atoms with Crippen molar-refractivity contribution < 1.29 is 25.5 Å². The SMILES string of the molecule is CN(N)/N=C(\N)c1cc(S(=O)(=O)F)ccc1Nc1cccc(C(F)(F)F)c1. The number of nitrogens with one attached hydrogen (secondary N) is 1. The summed E-state index contributed by atoms with van der Waals surface area (Å²) in [5, 5.41) is 7.21. The van der Waals surface area contributed by atoms with Gasteiger partial charge < -0.3 is 11.1 Å². The molecule has 0 atom stereocenters. The van der Waals surface area contributed by atoms with Crippen LogP contribution in [0.15, 0.2) is 52.5 Å². The van der Waals surface area contributed by atoms with Crippen LogP contribution < -0.4 is 16.9 Å². The van der Waals surface area contributed by atoms with E-state index in [1.54, 1.807) is 0 Å². The third-order valence-corrected chi connectivity index (χ3v) is 4.10. The maximum Gasteiger partial charge on any atom is 0.416 e. The van der Waals surface area contributed by atoms with Crippen LogP contribution in [-0.2, 0) is 16.4 Å². The Labute approximate surface area is 152 Å². The Morgan fingerprint density at radius 3 is 2.41 bits per heavy atom. The van der Waals surface area contributed by atoms with Crippen LogP contribution in [0.1, 0.15) is 11.1 Å². The van der Waals surface area contributed by atoms with Crippen LogP contribution in [0.2, 0.25) is 0 Å². The summed E-state index contributed by atoms with van der Waals surface area (Å²) in [7, 11) is -3.70. The molecule has 0 radical (unpaired) electrons. The highest BCUT2D eigenvalue weighted by molar-refractivity contribution is 7.86. The maximum atomic E-state index is 13.3. The minimum atomic E-state index is -5.03. The van der Waals surface area contributed by atoms with Crippen molar-refractivity contribution in [2.24, 2.45) is 16.7 Å². The number of anilines is 2. The van der Waals surface area contributed by atoms with Gasteiger partial charge in [0.2, 0.25) is 0 Å². The summed E-state index contributed by atoms with van der Waals surface area (Å²) in [6.07, 6.45) is -4.55. The number of benzene rings is 2. The van der Waals surface area contributed by atoms with Gasteiger partial charge in [-0.25, -0.2) is 11.0 Å². The van der Waals surface area contributed by atoms with Crippen molar-refractivity contribution in [2.75, 3.05) is 12.4 Å². The van der Waals surface area contributed by atoms with Crippen LogP contribution >= 0.6 is 0 Å². The van der Waals surface area contributed by atoms with Gasteiger partial charge in [0, 0.05) is 24.0 Å². The monoisotopic (exact) mass is 405 g/mol. The first-order valence-corrected chi connectivity index (χ1v) is 8.62. The fraction of sp³-hybridized carbons (Fsp3) is 0.133. The van der Waals surface area contributed by atoms with Crippen molar-refractivity contribution in [3.63, 3.8) is 0 Å². The Balaban J connectivity index is 2.53. The van der Waals surface area contributed by atoms with Crippen molar-refractivity contribution in [3.8, 4) is 0 Å². The van der Waals surface area contributed by atoms with Gasteiger partial charge in [0.25, 0.3) is 0 Å². The van der Waals surface area contributed by atoms with E-state index >= 15 is 0 Å². The van der Waals surface area contributed by atoms with E-state index in [1.807, 2.05) is 0 Å². The van der Waals surface area contributed by atoms with Gasteiger partial charge in [-0.2, -0.15) is 21.6 Å². The molecule has 0 aliphatic carbocycles. The Morgan fingerprint density at radius 1 is 1.19 bits per heavy atom. The topological polar surface area (TPSA) is 114 Å². The molecule has 12 heteroatoms. The Bertz CT molecular complexity index is 974. The Morgan fingerprint density at radius 2 is 1.85 bits per heavy atom. The highest BCUT2D eigenvalue weighted by atomic mass is 32.3. The molecule has 0 heterocycles. The lowest BCUT2D eigenvalue weighted by Gasteiger charge is -2.15. The fourth-order valence-electron chi connectivity index (χ4n) is 2.15. The van der Waals surface area contributed by atoms with Crippen LogP contribution in [0.25, 0.3) is 0 Å². The number of rotatable bonds is 5. The van der Waals surface area contributed by atoms with Crippen LogP contribution in [0.4, 0.5) is 28.4 Å². The quantitative estimate of drug-likeness (QED) is 0.176. The number of hydrogen-bond acceptors (Lipinski definition) is 6. The minimum Gasteiger partial charge on any atom is -0.382 e. The molecule has 5 N–H and O–H groups in total. The molecular weight excluding hydrogens is 390 g/mol. The summed E-state index contributed by atoms with van der Waals surface area (Å²) in [5.41, 5.74) is 4.95. The van der Waals surface area contributed by atoms with E-state index in [1.165, 1.54) is 19.2 Å². The molecule has 2 rings (SSSR count). The van der Waals surface area contributed by atoms with Crippen molar-refractivity contribution in [2.45, 2.75) is 11.1 Å². The molecule has 0 aliphatic rings. The number of nitrogens with two attached hydrogens (primary N) is 2. The summed E-state index contributed by atoms with van der Waals surface area (Å²) in [4.78, 5) is -0.690. The number of alkyl halides is 3. The van der Waals surface area contributed by atoms with Gasteiger partial charge >= 0.3 is 16.4 Å². The number of nitrogens with zero attached hydrogens (tertiary/aromatic N) is 2. The molecule has 2 aromatic carbocycles. The summed E-state index contributed by atoms with van der Waals surface area (Å²) in [6, 6.07) is 7.29. The molecule has 0 aromatic heterocycles. The van der Waals surface area contributed by atoms with E-state index < -0.39 is 26.9 Å². The molecule has 7 nitrogen and oxygen atoms in total. The molecule has 0 spiro atoms. The van der Waals surface area contributed by atoms with Crippen LogP contribution in [-0.4, -0.2) is 26.4 Å². The summed E-state index contributed by atoms with van der Waals surface area (Å²) < 4.78 is 74.1. The van der Waals surface area contributed by atoms with Crippen LogP contribution in [0.3, 0.4) is 0 Å². The number of hydrazine groups is 1. The van der Waals surface area contributed by atoms with E-state index in [0.717, 1.165) is 35.4 Å². The molecule has 2 aromatic rings. The molecular formula is C15H15F4N5O2S. The molecule has 0 bridgehead atoms. The molecule has 0 aliphatic heterocycles. The largest absolute Gasteiger partial charge is 0.416 e. The average Bonchev–Trinajstić information content (AvgIpc) is 2.53. The van der Waals surface area contributed by atoms with Gasteiger partial charge in [0.1, 0.15) is 0 Å². The van der Waals surface area contributed by atoms with Crippen molar-refractivity contribution >= 4 is 27.4 Å². The molecule has 146 valence electrons. The lowest BCUT2D eigenvalue weighted by atomic mass is 10.1. The first-order chi connectivity index (χ1) is 12.4. The highest BCUT2D eigenvalue weighted by Crippen LogP contribution is 2.32. The number of hydrazone groups is 1. The van der Waals surface area contributed by atoms with E-state index in [2.05, 4.69) is 10.4 Å². The normalized spacial score (nSPS) is 12.7. The fourth-order valence-corrected chi connectivity index (χ4v) is 2.64. The number of amidine groups is 1. The van der Waals surface area contributed by atoms with Gasteiger partial charge in [0.05, 0.1) is 10.5 Å². The van der Waals surface area contributed by atoms with E-state index in [4.69, 9.17) is 11.6 Å². The zero-order valence-corrected chi connectivity index (χ0v) is 14.6. The molecule has 0 unspecified atom stereocenters. The van der Waals surface area contributed by atoms with E-state index in [0.29, 0.717) is 0 Å². The second-order valence-corrected chi connectivity index (χ2v) is 6.75. The molecule has 0 saturated carbocycles. The van der Waals surface area contributed by atoms with Gasteiger partial charge in [-0.1, -0.05) is 6.07 Å². The lowest BCUT2D eigenvalue weighted by molar-refractivity contribution is -0.137. The van der Waals surface area contributed by atoms with E-state index in [9.17, 15) is 25.5 Å². The van der Waals surface area contributed by atoms with Gasteiger partial charge in [-0.3, -0.25) is 0 Å². The molecule has 0 amide bonds. The maximum absolute atomic E-state index is 13.3. The zero-order chi connectivity index (χ0) is 20.4. The van der Waals surface area contributed by atoms with E-state index in [-0.39, 0.29) is 22.8 Å². The van der Waals surface area contributed by atoms with Crippen molar-refractivity contribution in [3.05, 3.63) is 53.6 Å². The molecule has 0 saturated heterocycles. The Kier molecular flexibility index (Phi) is 5.61. The Hall–Kier alpha value is -2.86. The van der Waals surface area contributed by atoms with Gasteiger partial charge in [0.15, 0.2) is 5.84 Å². The summed E-state index contributed by atoms with van der Waals surface area (Å²) >= 11 is 0. The van der Waals surface area contributed by atoms with Gasteiger partial charge in [-0.15, -0.1) is 8.99 Å². The molecule has 27 heavy (non-hydrogen) atoms. The standard InChI is InChI=1S/C15H15F4N5O2S/c1-24(21)23-14(20)12-8-11(27(19,25)26)5-6-13(12)22-10-4-2-3-9(7-10)15(16,17)18/h2-8,22H,21H2,1H3,(H2,20,23). The molecule has 0 fully saturated rings.